The molecule has 6 heteroatoms. The molecule has 1 N–H and O–H groups in total. The third kappa shape index (κ3) is 4.81. The molecule has 28 heavy (non-hydrogen) atoms. The molecule has 2 atom stereocenters. The van der Waals surface area contributed by atoms with Gasteiger partial charge in [-0.05, 0) is 37.6 Å². The summed E-state index contributed by atoms with van der Waals surface area (Å²) in [4.78, 5) is 0. The van der Waals surface area contributed by atoms with Crippen molar-refractivity contribution in [2.45, 2.75) is 31.9 Å². The van der Waals surface area contributed by atoms with Crippen molar-refractivity contribution in [3.8, 4) is 28.7 Å². The maximum atomic E-state index is 5.97. The molecule has 0 amide bonds. The second-order valence-electron chi connectivity index (χ2n) is 7.10. The monoisotopic (exact) mass is 385 g/mol. The number of fused-ring (bicyclic) bond motifs is 2. The summed E-state index contributed by atoms with van der Waals surface area (Å²) in [6, 6.07) is 13.8. The van der Waals surface area contributed by atoms with E-state index in [2.05, 4.69) is 12.2 Å². The standard InChI is InChI=1S/C22H27NO5/c1-16(23-14-18-15-27-19-5-2-3-6-21(19)28-18)9-12-24-17-7-8-20-22(13-17)26-11-4-10-25-20/h2-3,5-8,13,16,18,23H,4,9-12,14-15H2,1H3. The van der Waals surface area contributed by atoms with Crippen LogP contribution in [0.3, 0.4) is 0 Å². The summed E-state index contributed by atoms with van der Waals surface area (Å²) < 4.78 is 29.0. The number of hydrogen-bond acceptors (Lipinski definition) is 6. The highest BCUT2D eigenvalue weighted by Gasteiger charge is 2.20. The Morgan fingerprint density at radius 2 is 1.79 bits per heavy atom. The number of ether oxygens (including phenoxy) is 5. The average Bonchev–Trinajstić information content (AvgIpc) is 2.97. The minimum absolute atomic E-state index is 0.0139. The van der Waals surface area contributed by atoms with Gasteiger partial charge in [0, 0.05) is 25.1 Å². The predicted octanol–water partition coefficient (Wildman–Crippen LogP) is 3.43. The summed E-state index contributed by atoms with van der Waals surface area (Å²) in [5, 5.41) is 3.50. The minimum atomic E-state index is 0.0139. The molecule has 150 valence electrons. The van der Waals surface area contributed by atoms with Crippen LogP contribution in [0.5, 0.6) is 28.7 Å². The third-order valence-corrected chi connectivity index (χ3v) is 4.80. The van der Waals surface area contributed by atoms with Crippen LogP contribution < -0.4 is 29.0 Å². The van der Waals surface area contributed by atoms with Gasteiger partial charge >= 0.3 is 0 Å². The van der Waals surface area contributed by atoms with Crippen molar-refractivity contribution in [3.05, 3.63) is 42.5 Å². The van der Waals surface area contributed by atoms with Gasteiger partial charge in [-0.25, -0.2) is 0 Å². The van der Waals surface area contributed by atoms with E-state index in [0.29, 0.717) is 32.5 Å². The molecule has 0 saturated carbocycles. The second-order valence-corrected chi connectivity index (χ2v) is 7.10. The Morgan fingerprint density at radius 3 is 2.68 bits per heavy atom. The fraction of sp³-hybridized carbons (Fsp3) is 0.455. The van der Waals surface area contributed by atoms with Crippen molar-refractivity contribution < 1.29 is 23.7 Å². The van der Waals surface area contributed by atoms with E-state index < -0.39 is 0 Å². The predicted molar refractivity (Wildman–Crippen MR) is 106 cm³/mol. The molecule has 0 aromatic heterocycles. The van der Waals surface area contributed by atoms with Crippen molar-refractivity contribution >= 4 is 0 Å². The lowest BCUT2D eigenvalue weighted by Gasteiger charge is -2.27. The fourth-order valence-corrected chi connectivity index (χ4v) is 3.19. The van der Waals surface area contributed by atoms with E-state index in [4.69, 9.17) is 23.7 Å². The highest BCUT2D eigenvalue weighted by molar-refractivity contribution is 5.46. The molecule has 0 aliphatic carbocycles. The second kappa shape index (κ2) is 9.06. The molecule has 4 rings (SSSR count). The molecular formula is C22H27NO5. The van der Waals surface area contributed by atoms with Gasteiger partial charge in [0.2, 0.25) is 0 Å². The van der Waals surface area contributed by atoms with Gasteiger partial charge in [-0.1, -0.05) is 12.1 Å². The topological polar surface area (TPSA) is 58.2 Å². The Morgan fingerprint density at radius 1 is 1.00 bits per heavy atom. The van der Waals surface area contributed by atoms with E-state index in [1.165, 1.54) is 0 Å². The number of nitrogens with one attached hydrogen (secondary N) is 1. The van der Waals surface area contributed by atoms with Crippen LogP contribution in [0.2, 0.25) is 0 Å². The lowest BCUT2D eigenvalue weighted by Crippen LogP contribution is -2.41. The Kier molecular flexibility index (Phi) is 6.07. The van der Waals surface area contributed by atoms with E-state index >= 15 is 0 Å². The molecule has 0 fully saturated rings. The summed E-state index contributed by atoms with van der Waals surface area (Å²) >= 11 is 0. The molecule has 2 aromatic rings. The van der Waals surface area contributed by atoms with E-state index in [-0.39, 0.29) is 6.10 Å². The smallest absolute Gasteiger partial charge is 0.164 e. The largest absolute Gasteiger partial charge is 0.493 e. The van der Waals surface area contributed by atoms with Crippen LogP contribution in [0.1, 0.15) is 19.8 Å². The van der Waals surface area contributed by atoms with Crippen LogP contribution >= 0.6 is 0 Å². The Balaban J connectivity index is 1.18. The minimum Gasteiger partial charge on any atom is -0.493 e. The van der Waals surface area contributed by atoms with Gasteiger partial charge in [0.05, 0.1) is 19.8 Å². The quantitative estimate of drug-likeness (QED) is 0.788. The molecule has 6 nitrogen and oxygen atoms in total. The van der Waals surface area contributed by atoms with Gasteiger partial charge in [0.15, 0.2) is 23.0 Å². The lowest BCUT2D eigenvalue weighted by molar-refractivity contribution is 0.0879. The van der Waals surface area contributed by atoms with Gasteiger partial charge in [0.1, 0.15) is 18.5 Å². The Hall–Kier alpha value is -2.60. The molecule has 0 saturated heterocycles. The first-order valence-electron chi connectivity index (χ1n) is 9.92. The summed E-state index contributed by atoms with van der Waals surface area (Å²) in [7, 11) is 0. The fourth-order valence-electron chi connectivity index (χ4n) is 3.19. The maximum Gasteiger partial charge on any atom is 0.164 e. The van der Waals surface area contributed by atoms with Gasteiger partial charge in [0.25, 0.3) is 0 Å². The molecular weight excluding hydrogens is 358 g/mol. The molecule has 0 radical (unpaired) electrons. The zero-order chi connectivity index (χ0) is 19.2. The van der Waals surface area contributed by atoms with Crippen LogP contribution in [0.15, 0.2) is 42.5 Å². The molecule has 2 aromatic carbocycles. The highest BCUT2D eigenvalue weighted by atomic mass is 16.6. The first-order chi connectivity index (χ1) is 13.8. The number of para-hydroxylation sites is 2. The molecule has 2 heterocycles. The summed E-state index contributed by atoms with van der Waals surface area (Å²) in [6.07, 6.45) is 1.80. The van der Waals surface area contributed by atoms with Gasteiger partial charge in [-0.3, -0.25) is 0 Å². The molecule has 2 aliphatic heterocycles. The van der Waals surface area contributed by atoms with E-state index in [0.717, 1.165) is 48.1 Å². The summed E-state index contributed by atoms with van der Waals surface area (Å²) in [6.45, 7) is 5.43. The van der Waals surface area contributed by atoms with Crippen LogP contribution in [0, 0.1) is 0 Å². The highest BCUT2D eigenvalue weighted by Crippen LogP contribution is 2.33. The van der Waals surface area contributed by atoms with Crippen molar-refractivity contribution in [3.63, 3.8) is 0 Å². The Labute approximate surface area is 165 Å². The van der Waals surface area contributed by atoms with Crippen LogP contribution in [0.25, 0.3) is 0 Å². The summed E-state index contributed by atoms with van der Waals surface area (Å²) in [5.41, 5.74) is 0. The first kappa shape index (κ1) is 18.7. The number of hydrogen-bond donors (Lipinski definition) is 1. The maximum absolute atomic E-state index is 5.97. The van der Waals surface area contributed by atoms with E-state index in [1.54, 1.807) is 0 Å². The van der Waals surface area contributed by atoms with Crippen molar-refractivity contribution in [1.29, 1.82) is 0 Å². The van der Waals surface area contributed by atoms with Crippen LogP contribution in [-0.2, 0) is 0 Å². The molecule has 0 bridgehead atoms. The van der Waals surface area contributed by atoms with Gasteiger partial charge in [-0.2, -0.15) is 0 Å². The van der Waals surface area contributed by atoms with Gasteiger partial charge < -0.3 is 29.0 Å². The lowest BCUT2D eigenvalue weighted by atomic mass is 10.2. The summed E-state index contributed by atoms with van der Waals surface area (Å²) in [5.74, 6) is 3.98. The number of rotatable bonds is 7. The zero-order valence-electron chi connectivity index (χ0n) is 16.2. The normalized spacial score (nSPS) is 18.8. The van der Waals surface area contributed by atoms with Crippen LogP contribution in [-0.4, -0.2) is 45.1 Å². The molecule has 2 aliphatic rings. The number of benzene rings is 2. The van der Waals surface area contributed by atoms with E-state index in [1.807, 2.05) is 42.5 Å². The average molecular weight is 385 g/mol. The third-order valence-electron chi connectivity index (χ3n) is 4.80. The zero-order valence-corrected chi connectivity index (χ0v) is 16.2. The van der Waals surface area contributed by atoms with E-state index in [9.17, 15) is 0 Å². The van der Waals surface area contributed by atoms with Crippen LogP contribution in [0.4, 0.5) is 0 Å². The van der Waals surface area contributed by atoms with Crippen molar-refractivity contribution in [1.82, 2.24) is 5.32 Å². The molecule has 2 unspecified atom stereocenters. The molecule has 0 spiro atoms. The van der Waals surface area contributed by atoms with Gasteiger partial charge in [-0.15, -0.1) is 0 Å². The van der Waals surface area contributed by atoms with Crippen molar-refractivity contribution in [2.75, 3.05) is 33.0 Å². The Bertz CT molecular complexity index is 781. The first-order valence-corrected chi connectivity index (χ1v) is 9.92. The van der Waals surface area contributed by atoms with Crippen molar-refractivity contribution in [2.24, 2.45) is 0 Å². The SMILES string of the molecule is CC(CCOc1ccc2c(c1)OCCCO2)NCC1COc2ccccc2O1.